The average molecular weight is 492 g/mol. The summed E-state index contributed by atoms with van der Waals surface area (Å²) in [5, 5.41) is 2.87. The summed E-state index contributed by atoms with van der Waals surface area (Å²) in [5.74, 6) is -0.655. The van der Waals surface area contributed by atoms with Crippen molar-refractivity contribution < 1.29 is 19.1 Å². The fourth-order valence-corrected chi connectivity index (χ4v) is 3.83. The van der Waals surface area contributed by atoms with Crippen LogP contribution in [0.15, 0.2) is 15.0 Å². The summed E-state index contributed by atoms with van der Waals surface area (Å²) in [6.07, 6.45) is 0. The van der Waals surface area contributed by atoms with Gasteiger partial charge < -0.3 is 14.8 Å². The number of rotatable bonds is 4. The van der Waals surface area contributed by atoms with Crippen LogP contribution >= 0.6 is 31.9 Å². The highest BCUT2D eigenvalue weighted by Gasteiger charge is 2.26. The van der Waals surface area contributed by atoms with Crippen LogP contribution in [0.2, 0.25) is 0 Å². The van der Waals surface area contributed by atoms with Gasteiger partial charge in [0.25, 0.3) is 0 Å². The minimum absolute atomic E-state index is 0.181. The third kappa shape index (κ3) is 5.77. The van der Waals surface area contributed by atoms with Crippen molar-refractivity contribution in [3.05, 3.63) is 26.1 Å². The normalized spacial score (nSPS) is 15.6. The molecule has 144 valence electrons. The van der Waals surface area contributed by atoms with Gasteiger partial charge in [-0.05, 0) is 55.3 Å². The standard InChI is InChI=1S/C18H24Br2N2O4/c1-11-12(19)9-13(20)16(15(11)17(24)26-18(2,3)4)21-14(23)10-22-5-7-25-8-6-22/h9H,5-8,10H2,1-4H3,(H,21,23). The number of hydrogen-bond acceptors (Lipinski definition) is 5. The smallest absolute Gasteiger partial charge is 0.341 e. The van der Waals surface area contributed by atoms with Gasteiger partial charge in [0, 0.05) is 22.0 Å². The minimum atomic E-state index is -0.632. The first-order valence-electron chi connectivity index (χ1n) is 8.40. The molecule has 1 aliphatic rings. The van der Waals surface area contributed by atoms with E-state index in [1.54, 1.807) is 0 Å². The van der Waals surface area contributed by atoms with Crippen molar-refractivity contribution in [2.45, 2.75) is 33.3 Å². The molecule has 6 nitrogen and oxygen atoms in total. The molecular weight excluding hydrogens is 468 g/mol. The molecule has 26 heavy (non-hydrogen) atoms. The number of hydrogen-bond donors (Lipinski definition) is 1. The highest BCUT2D eigenvalue weighted by molar-refractivity contribution is 9.11. The monoisotopic (exact) mass is 490 g/mol. The SMILES string of the molecule is Cc1c(Br)cc(Br)c(NC(=O)CN2CCOCC2)c1C(=O)OC(C)(C)C. The second-order valence-electron chi connectivity index (χ2n) is 7.15. The predicted octanol–water partition coefficient (Wildman–Crippen LogP) is 3.75. The molecule has 1 aliphatic heterocycles. The Bertz CT molecular complexity index is 695. The number of nitrogens with one attached hydrogen (secondary N) is 1. The van der Waals surface area contributed by atoms with E-state index in [-0.39, 0.29) is 12.5 Å². The number of morpholine rings is 1. The average Bonchev–Trinajstić information content (AvgIpc) is 2.52. The molecule has 0 atom stereocenters. The molecular formula is C18H24Br2N2O4. The number of carbonyl (C=O) groups is 2. The Morgan fingerprint density at radius 1 is 1.23 bits per heavy atom. The Morgan fingerprint density at radius 2 is 1.85 bits per heavy atom. The zero-order valence-electron chi connectivity index (χ0n) is 15.4. The minimum Gasteiger partial charge on any atom is -0.456 e. The van der Waals surface area contributed by atoms with Gasteiger partial charge in [0.2, 0.25) is 5.91 Å². The fourth-order valence-electron chi connectivity index (χ4n) is 2.57. The Morgan fingerprint density at radius 3 is 2.42 bits per heavy atom. The molecule has 0 aromatic heterocycles. The first kappa shape index (κ1) is 21.3. The second kappa shape index (κ2) is 8.82. The van der Waals surface area contributed by atoms with Gasteiger partial charge in [0.05, 0.1) is 31.0 Å². The van der Waals surface area contributed by atoms with Gasteiger partial charge in [-0.1, -0.05) is 15.9 Å². The fraction of sp³-hybridized carbons (Fsp3) is 0.556. The van der Waals surface area contributed by atoms with Crippen molar-refractivity contribution in [3.63, 3.8) is 0 Å². The van der Waals surface area contributed by atoms with Gasteiger partial charge in [0.1, 0.15) is 5.60 Å². The molecule has 0 bridgehead atoms. The van der Waals surface area contributed by atoms with Gasteiger partial charge in [0.15, 0.2) is 0 Å². The number of carbonyl (C=O) groups excluding carboxylic acids is 2. The molecule has 0 radical (unpaired) electrons. The van der Waals surface area contributed by atoms with E-state index >= 15 is 0 Å². The van der Waals surface area contributed by atoms with E-state index in [1.165, 1.54) is 0 Å². The lowest BCUT2D eigenvalue weighted by Crippen LogP contribution is -2.41. The highest BCUT2D eigenvalue weighted by atomic mass is 79.9. The van der Waals surface area contributed by atoms with Gasteiger partial charge in [-0.25, -0.2) is 4.79 Å². The van der Waals surface area contributed by atoms with Crippen LogP contribution in [0.25, 0.3) is 0 Å². The van der Waals surface area contributed by atoms with Crippen LogP contribution in [-0.2, 0) is 14.3 Å². The van der Waals surface area contributed by atoms with Crippen molar-refractivity contribution in [1.29, 1.82) is 0 Å². The van der Waals surface area contributed by atoms with Crippen LogP contribution in [0.1, 0.15) is 36.7 Å². The lowest BCUT2D eigenvalue weighted by atomic mass is 10.1. The number of anilines is 1. The highest BCUT2D eigenvalue weighted by Crippen LogP contribution is 2.35. The van der Waals surface area contributed by atoms with E-state index in [0.29, 0.717) is 47.6 Å². The number of nitrogens with zero attached hydrogens (tertiary/aromatic N) is 1. The maximum atomic E-state index is 12.7. The summed E-state index contributed by atoms with van der Waals surface area (Å²) < 4.78 is 12.2. The molecule has 0 aliphatic carbocycles. The van der Waals surface area contributed by atoms with Gasteiger partial charge in [-0.2, -0.15) is 0 Å². The van der Waals surface area contributed by atoms with Crippen LogP contribution in [0.4, 0.5) is 5.69 Å². The Balaban J connectivity index is 2.27. The molecule has 1 N–H and O–H groups in total. The largest absolute Gasteiger partial charge is 0.456 e. The Hall–Kier alpha value is -0.960. The number of benzene rings is 1. The first-order chi connectivity index (χ1) is 12.1. The molecule has 1 fully saturated rings. The molecule has 8 heteroatoms. The van der Waals surface area contributed by atoms with Gasteiger partial charge in [-0.15, -0.1) is 0 Å². The van der Waals surface area contributed by atoms with Crippen LogP contribution in [0.5, 0.6) is 0 Å². The third-order valence-corrected chi connectivity index (χ3v) is 5.26. The van der Waals surface area contributed by atoms with Crippen molar-refractivity contribution in [2.24, 2.45) is 0 Å². The number of halogens is 2. The molecule has 1 aromatic rings. The van der Waals surface area contributed by atoms with Crippen LogP contribution in [0, 0.1) is 6.92 Å². The maximum Gasteiger partial charge on any atom is 0.341 e. The van der Waals surface area contributed by atoms with E-state index in [1.807, 2.05) is 38.7 Å². The zero-order chi connectivity index (χ0) is 19.5. The van der Waals surface area contributed by atoms with E-state index in [9.17, 15) is 9.59 Å². The summed E-state index contributed by atoms with van der Waals surface area (Å²) in [5.41, 5.74) is 0.853. The first-order valence-corrected chi connectivity index (χ1v) is 9.99. The number of amides is 1. The summed E-state index contributed by atoms with van der Waals surface area (Å²) in [7, 11) is 0. The second-order valence-corrected chi connectivity index (χ2v) is 8.86. The molecule has 2 rings (SSSR count). The van der Waals surface area contributed by atoms with Crippen LogP contribution in [-0.4, -0.2) is 55.2 Å². The molecule has 1 aromatic carbocycles. The van der Waals surface area contributed by atoms with Crippen molar-refractivity contribution in [1.82, 2.24) is 4.90 Å². The van der Waals surface area contributed by atoms with E-state index < -0.39 is 11.6 Å². The summed E-state index contributed by atoms with van der Waals surface area (Å²) in [6, 6.07) is 1.81. The quantitative estimate of drug-likeness (QED) is 0.649. The van der Waals surface area contributed by atoms with E-state index in [0.717, 1.165) is 4.47 Å². The molecule has 1 heterocycles. The number of ether oxygens (including phenoxy) is 2. The number of esters is 1. The zero-order valence-corrected chi connectivity index (χ0v) is 18.6. The van der Waals surface area contributed by atoms with Crippen molar-refractivity contribution in [2.75, 3.05) is 38.2 Å². The Kier molecular flexibility index (Phi) is 7.24. The summed E-state index contributed by atoms with van der Waals surface area (Å²) >= 11 is 6.90. The van der Waals surface area contributed by atoms with Gasteiger partial charge >= 0.3 is 5.97 Å². The van der Waals surface area contributed by atoms with Gasteiger partial charge in [-0.3, -0.25) is 9.69 Å². The summed E-state index contributed by atoms with van der Waals surface area (Å²) in [6.45, 7) is 10.2. The summed E-state index contributed by atoms with van der Waals surface area (Å²) in [4.78, 5) is 27.3. The van der Waals surface area contributed by atoms with Crippen LogP contribution < -0.4 is 5.32 Å². The molecule has 1 amide bonds. The molecule has 1 saturated heterocycles. The molecule has 0 spiro atoms. The predicted molar refractivity (Wildman–Crippen MR) is 108 cm³/mol. The van der Waals surface area contributed by atoms with E-state index in [4.69, 9.17) is 9.47 Å². The van der Waals surface area contributed by atoms with E-state index in [2.05, 4.69) is 37.2 Å². The third-order valence-electron chi connectivity index (χ3n) is 3.81. The molecule has 0 unspecified atom stereocenters. The van der Waals surface area contributed by atoms with Crippen LogP contribution in [0.3, 0.4) is 0 Å². The molecule has 0 saturated carbocycles. The topological polar surface area (TPSA) is 67.9 Å². The van der Waals surface area contributed by atoms with Crippen molar-refractivity contribution >= 4 is 49.4 Å². The Labute approximate surface area is 170 Å². The maximum absolute atomic E-state index is 12.7. The lowest BCUT2D eigenvalue weighted by molar-refractivity contribution is -0.118. The lowest BCUT2D eigenvalue weighted by Gasteiger charge is -2.26. The van der Waals surface area contributed by atoms with Crippen molar-refractivity contribution in [3.8, 4) is 0 Å².